The molecule has 0 saturated carbocycles. The van der Waals surface area contributed by atoms with Crippen molar-refractivity contribution in [1.29, 1.82) is 0 Å². The minimum atomic E-state index is -0.0604. The van der Waals surface area contributed by atoms with E-state index in [4.69, 9.17) is 23.8 Å². The van der Waals surface area contributed by atoms with Crippen LogP contribution in [0.25, 0.3) is 11.3 Å². The van der Waals surface area contributed by atoms with E-state index in [0.29, 0.717) is 5.11 Å². The van der Waals surface area contributed by atoms with Crippen LogP contribution in [0.4, 0.5) is 0 Å². The molecule has 3 aromatic rings. The summed E-state index contributed by atoms with van der Waals surface area (Å²) in [6, 6.07) is 26.8. The van der Waals surface area contributed by atoms with Crippen molar-refractivity contribution in [3.8, 4) is 0 Å². The molecule has 0 saturated heterocycles. The van der Waals surface area contributed by atoms with Gasteiger partial charge in [-0.1, -0.05) is 83.9 Å². The first-order chi connectivity index (χ1) is 13.1. The van der Waals surface area contributed by atoms with Gasteiger partial charge in [-0.3, -0.25) is 0 Å². The molecular weight excluding hydrogens is 372 g/mol. The summed E-state index contributed by atoms with van der Waals surface area (Å²) in [5, 5.41) is 8.15. The summed E-state index contributed by atoms with van der Waals surface area (Å²) in [5.41, 5.74) is 6.80. The van der Waals surface area contributed by atoms with Crippen LogP contribution in [0.5, 0.6) is 0 Å². The first-order valence-corrected chi connectivity index (χ1v) is 9.60. The molecule has 0 amide bonds. The summed E-state index contributed by atoms with van der Waals surface area (Å²) < 4.78 is 0. The molecule has 0 aromatic heterocycles. The highest BCUT2D eigenvalue weighted by atomic mass is 35.5. The van der Waals surface area contributed by atoms with Gasteiger partial charge in [-0.05, 0) is 48.0 Å². The maximum Gasteiger partial charge on any atom is 0.171 e. The van der Waals surface area contributed by atoms with Gasteiger partial charge in [-0.2, -0.15) is 0 Å². The van der Waals surface area contributed by atoms with Crippen LogP contribution in [0, 0.1) is 6.92 Å². The Labute approximate surface area is 169 Å². The van der Waals surface area contributed by atoms with Crippen LogP contribution in [0.3, 0.4) is 0 Å². The van der Waals surface area contributed by atoms with E-state index in [-0.39, 0.29) is 6.04 Å². The molecule has 0 aliphatic carbocycles. The molecule has 1 unspecified atom stereocenters. The molecule has 0 bridgehead atoms. The summed E-state index contributed by atoms with van der Waals surface area (Å²) in [6.45, 7) is 2.09. The zero-order valence-corrected chi connectivity index (χ0v) is 16.4. The van der Waals surface area contributed by atoms with E-state index in [2.05, 4.69) is 66.1 Å². The van der Waals surface area contributed by atoms with Crippen LogP contribution in [0.2, 0.25) is 5.02 Å². The lowest BCUT2D eigenvalue weighted by molar-refractivity contribution is 0.785. The highest BCUT2D eigenvalue weighted by molar-refractivity contribution is 7.80. The minimum absolute atomic E-state index is 0.0604. The van der Waals surface area contributed by atoms with Gasteiger partial charge in [-0.25, -0.2) is 0 Å². The largest absolute Gasteiger partial charge is 0.351 e. The number of nitrogens with one attached hydrogen (secondary N) is 2. The Bertz CT molecular complexity index is 993. The Hall–Kier alpha value is -2.62. The van der Waals surface area contributed by atoms with E-state index in [9.17, 15) is 0 Å². The van der Waals surface area contributed by atoms with Crippen LogP contribution in [0.15, 0.2) is 78.9 Å². The zero-order chi connectivity index (χ0) is 18.8. The highest BCUT2D eigenvalue weighted by Gasteiger charge is 2.28. The zero-order valence-electron chi connectivity index (χ0n) is 14.9. The summed E-state index contributed by atoms with van der Waals surface area (Å²) in [6.07, 6.45) is 0. The van der Waals surface area contributed by atoms with Gasteiger partial charge in [0, 0.05) is 10.6 Å². The summed E-state index contributed by atoms with van der Waals surface area (Å²) in [5.74, 6) is 0. The van der Waals surface area contributed by atoms with Crippen molar-refractivity contribution >= 4 is 40.2 Å². The highest BCUT2D eigenvalue weighted by Crippen LogP contribution is 2.38. The molecule has 1 atom stereocenters. The molecule has 4 rings (SSSR count). The van der Waals surface area contributed by atoms with Crippen LogP contribution in [-0.2, 0) is 0 Å². The Morgan fingerprint density at radius 2 is 1.48 bits per heavy atom. The lowest BCUT2D eigenvalue weighted by Gasteiger charge is -2.33. The van der Waals surface area contributed by atoms with Crippen LogP contribution in [0.1, 0.15) is 28.3 Å². The van der Waals surface area contributed by atoms with Crippen molar-refractivity contribution in [2.45, 2.75) is 13.0 Å². The fourth-order valence-electron chi connectivity index (χ4n) is 3.35. The number of halogens is 1. The molecular formula is C23H19ClN2S. The molecule has 134 valence electrons. The van der Waals surface area contributed by atoms with Gasteiger partial charge in [0.2, 0.25) is 0 Å². The van der Waals surface area contributed by atoms with Gasteiger partial charge in [0.1, 0.15) is 0 Å². The lowest BCUT2D eigenvalue weighted by Crippen LogP contribution is -2.42. The third-order valence-electron chi connectivity index (χ3n) is 4.70. The minimum Gasteiger partial charge on any atom is -0.351 e. The van der Waals surface area contributed by atoms with Crippen LogP contribution < -0.4 is 10.6 Å². The van der Waals surface area contributed by atoms with Gasteiger partial charge < -0.3 is 10.6 Å². The molecule has 1 aliphatic rings. The molecule has 4 heteroatoms. The number of thiocarbonyl (C=S) groups is 1. The van der Waals surface area contributed by atoms with Crippen molar-refractivity contribution < 1.29 is 0 Å². The maximum atomic E-state index is 6.10. The molecule has 1 aliphatic heterocycles. The van der Waals surface area contributed by atoms with Gasteiger partial charge in [0.15, 0.2) is 5.11 Å². The smallest absolute Gasteiger partial charge is 0.171 e. The second-order valence-corrected chi connectivity index (χ2v) is 7.45. The van der Waals surface area contributed by atoms with Crippen molar-refractivity contribution in [1.82, 2.24) is 10.6 Å². The number of benzene rings is 3. The van der Waals surface area contributed by atoms with Crippen molar-refractivity contribution in [2.75, 3.05) is 0 Å². The van der Waals surface area contributed by atoms with E-state index in [1.165, 1.54) is 5.56 Å². The normalized spacial score (nSPS) is 16.7. The molecule has 0 spiro atoms. The van der Waals surface area contributed by atoms with Gasteiger partial charge in [0.05, 0.1) is 11.7 Å². The molecule has 27 heavy (non-hydrogen) atoms. The monoisotopic (exact) mass is 390 g/mol. The second kappa shape index (κ2) is 7.55. The second-order valence-electron chi connectivity index (χ2n) is 6.60. The van der Waals surface area contributed by atoms with Gasteiger partial charge in [-0.15, -0.1) is 0 Å². The molecule has 1 heterocycles. The van der Waals surface area contributed by atoms with E-state index in [0.717, 1.165) is 33.0 Å². The predicted octanol–water partition coefficient (Wildman–Crippen LogP) is 5.74. The molecule has 2 N–H and O–H groups in total. The van der Waals surface area contributed by atoms with Crippen LogP contribution in [-0.4, -0.2) is 5.11 Å². The van der Waals surface area contributed by atoms with E-state index in [1.807, 2.05) is 30.3 Å². The average Bonchev–Trinajstić information content (AvgIpc) is 2.69. The topological polar surface area (TPSA) is 24.1 Å². The first-order valence-electron chi connectivity index (χ1n) is 8.81. The van der Waals surface area contributed by atoms with Crippen molar-refractivity contribution in [3.05, 3.63) is 106 Å². The Morgan fingerprint density at radius 3 is 2.15 bits per heavy atom. The number of hydrogen-bond donors (Lipinski definition) is 2. The average molecular weight is 391 g/mol. The fraction of sp³-hybridized carbons (Fsp3) is 0.0870. The third-order valence-corrected chi connectivity index (χ3v) is 5.17. The van der Waals surface area contributed by atoms with Crippen molar-refractivity contribution in [3.63, 3.8) is 0 Å². The number of aryl methyl sites for hydroxylation is 1. The molecule has 2 nitrogen and oxygen atoms in total. The SMILES string of the molecule is Cc1ccc(C2=C(c3ccccc3)C(c3ccc(Cl)cc3)NC(=S)N2)cc1. The lowest BCUT2D eigenvalue weighted by atomic mass is 9.88. The van der Waals surface area contributed by atoms with E-state index in [1.54, 1.807) is 0 Å². The number of hydrogen-bond acceptors (Lipinski definition) is 1. The first kappa shape index (κ1) is 17.8. The third kappa shape index (κ3) is 3.75. The quantitative estimate of drug-likeness (QED) is 0.558. The van der Waals surface area contributed by atoms with Gasteiger partial charge in [0.25, 0.3) is 0 Å². The Balaban J connectivity index is 1.94. The summed E-state index contributed by atoms with van der Waals surface area (Å²) in [7, 11) is 0. The summed E-state index contributed by atoms with van der Waals surface area (Å²) in [4.78, 5) is 0. The van der Waals surface area contributed by atoms with Crippen LogP contribution >= 0.6 is 23.8 Å². The van der Waals surface area contributed by atoms with E-state index >= 15 is 0 Å². The fourth-order valence-corrected chi connectivity index (χ4v) is 3.69. The summed E-state index contributed by atoms with van der Waals surface area (Å²) >= 11 is 11.6. The van der Waals surface area contributed by atoms with E-state index < -0.39 is 0 Å². The van der Waals surface area contributed by atoms with Gasteiger partial charge >= 0.3 is 0 Å². The van der Waals surface area contributed by atoms with Crippen molar-refractivity contribution in [2.24, 2.45) is 0 Å². The Kier molecular flexibility index (Phi) is 4.97. The molecule has 3 aromatic carbocycles. The number of rotatable bonds is 3. The molecule has 0 radical (unpaired) electrons. The predicted molar refractivity (Wildman–Crippen MR) is 117 cm³/mol. The maximum absolute atomic E-state index is 6.10. The standard InChI is InChI=1S/C23H19ClN2S/c1-15-7-9-17(10-8-15)21-20(16-5-3-2-4-6-16)22(26-23(27)25-21)18-11-13-19(24)14-12-18/h2-14,22H,1H3,(H2,25,26,27). The Morgan fingerprint density at radius 1 is 0.815 bits per heavy atom. The molecule has 0 fully saturated rings.